The molecule has 59 heavy (non-hydrogen) atoms. The highest BCUT2D eigenvalue weighted by Gasteiger charge is 2.31. The predicted molar refractivity (Wildman–Crippen MR) is 247 cm³/mol. The lowest BCUT2D eigenvalue weighted by Crippen LogP contribution is -2.50. The molecule has 334 valence electrons. The molecule has 0 aliphatic heterocycles. The van der Waals surface area contributed by atoms with Gasteiger partial charge in [-0.25, -0.2) is 4.79 Å². The summed E-state index contributed by atoms with van der Waals surface area (Å²) in [7, 11) is 5.50. The van der Waals surface area contributed by atoms with Gasteiger partial charge in [0.1, 0.15) is 6.61 Å². The first-order valence-corrected chi connectivity index (χ1v) is 22.8. The molecule has 0 rings (SSSR count). The van der Waals surface area contributed by atoms with Crippen LogP contribution in [0.15, 0.2) is 97.2 Å². The molecule has 0 bridgehead atoms. The number of carbonyl (C=O) groups excluding carboxylic acids is 2. The zero-order valence-corrected chi connectivity index (χ0v) is 37.9. The Kier molecular flexibility index (Phi) is 38.4. The molecule has 0 aromatic carbocycles. The van der Waals surface area contributed by atoms with Gasteiger partial charge in [0.15, 0.2) is 12.1 Å². The van der Waals surface area contributed by atoms with Crippen molar-refractivity contribution in [1.29, 1.82) is 0 Å². The van der Waals surface area contributed by atoms with Gasteiger partial charge < -0.3 is 23.8 Å². The standard InChI is InChI=1S/C51H83NO7/c1-6-8-10-12-14-16-18-20-22-23-24-25-26-28-30-32-34-36-38-40-42-50(54)59-47(45-57-44-43-48(51(55)56)52(3,4)5)46-58-49(53)41-39-37-35-33-31-29-27-21-19-17-15-13-11-9-7-2/h8-11,13-17,19-22,27,29,31,47-48H,6-7,12,18,23-26,28,30,32-46H2,1-5H3/p+1/b10-8+,11-9+,15-13+,16-14+,19-17+,22-20+,27-21+,31-29+. The van der Waals surface area contributed by atoms with Crippen molar-refractivity contribution in [3.8, 4) is 0 Å². The lowest BCUT2D eigenvalue weighted by atomic mass is 10.0. The van der Waals surface area contributed by atoms with Crippen LogP contribution in [-0.4, -0.2) is 80.6 Å². The molecule has 1 N–H and O–H groups in total. The van der Waals surface area contributed by atoms with Crippen molar-refractivity contribution in [3.05, 3.63) is 97.2 Å². The van der Waals surface area contributed by atoms with Gasteiger partial charge in [-0.05, 0) is 64.2 Å². The summed E-state index contributed by atoms with van der Waals surface area (Å²) in [4.78, 5) is 37.0. The number of likely N-dealkylation sites (N-methyl/N-ethyl adjacent to an activating group) is 1. The minimum atomic E-state index is -0.886. The highest BCUT2D eigenvalue weighted by Crippen LogP contribution is 2.14. The third kappa shape index (κ3) is 39.5. The zero-order chi connectivity index (χ0) is 43.5. The average Bonchev–Trinajstić information content (AvgIpc) is 3.19. The fourth-order valence-corrected chi connectivity index (χ4v) is 6.13. The van der Waals surface area contributed by atoms with Crippen molar-refractivity contribution in [1.82, 2.24) is 0 Å². The molecule has 0 heterocycles. The Morgan fingerprint density at radius 3 is 1.54 bits per heavy atom. The van der Waals surface area contributed by atoms with Gasteiger partial charge >= 0.3 is 17.9 Å². The Morgan fingerprint density at radius 1 is 0.525 bits per heavy atom. The number of hydrogen-bond acceptors (Lipinski definition) is 6. The van der Waals surface area contributed by atoms with Crippen LogP contribution in [0.2, 0.25) is 0 Å². The first-order valence-electron chi connectivity index (χ1n) is 22.8. The highest BCUT2D eigenvalue weighted by atomic mass is 16.6. The number of nitrogens with zero attached hydrogens (tertiary/aromatic N) is 1. The van der Waals surface area contributed by atoms with Crippen LogP contribution in [0.1, 0.15) is 155 Å². The number of hydrogen-bond donors (Lipinski definition) is 1. The number of rotatable bonds is 39. The van der Waals surface area contributed by atoms with Crippen molar-refractivity contribution in [2.75, 3.05) is 41.0 Å². The van der Waals surface area contributed by atoms with Gasteiger partial charge in [-0.15, -0.1) is 0 Å². The SMILES string of the molecule is CC/C=C/C=C/C=C/C=C/C=C/CCCCCC(=O)OCC(COCCC(C(=O)O)[N+](C)(C)C)OC(=O)CCCCCCCCCCCC/C=C/C/C=C/C/C=C/CC. The number of esters is 2. The van der Waals surface area contributed by atoms with Crippen LogP contribution in [0.3, 0.4) is 0 Å². The summed E-state index contributed by atoms with van der Waals surface area (Å²) in [6.07, 6.45) is 54.5. The zero-order valence-electron chi connectivity index (χ0n) is 37.9. The van der Waals surface area contributed by atoms with Gasteiger partial charge in [-0.3, -0.25) is 9.59 Å². The van der Waals surface area contributed by atoms with Crippen molar-refractivity contribution in [2.45, 2.75) is 167 Å². The molecule has 0 saturated heterocycles. The van der Waals surface area contributed by atoms with Crippen LogP contribution in [0.25, 0.3) is 0 Å². The second kappa shape index (κ2) is 41.0. The Hall–Kier alpha value is -3.75. The second-order valence-corrected chi connectivity index (χ2v) is 16.0. The normalized spacial score (nSPS) is 13.8. The quantitative estimate of drug-likeness (QED) is 0.0217. The Labute approximate surface area is 360 Å². The third-order valence-corrected chi connectivity index (χ3v) is 9.61. The van der Waals surface area contributed by atoms with Gasteiger partial charge in [0.05, 0.1) is 34.4 Å². The predicted octanol–water partition coefficient (Wildman–Crippen LogP) is 12.7. The van der Waals surface area contributed by atoms with E-state index in [1.54, 1.807) is 0 Å². The van der Waals surface area contributed by atoms with Gasteiger partial charge in [0.25, 0.3) is 0 Å². The van der Waals surface area contributed by atoms with E-state index < -0.39 is 18.1 Å². The maximum absolute atomic E-state index is 12.8. The van der Waals surface area contributed by atoms with Gasteiger partial charge in [0.2, 0.25) is 0 Å². The molecular weight excluding hydrogens is 739 g/mol. The number of ether oxygens (including phenoxy) is 3. The minimum Gasteiger partial charge on any atom is -0.477 e. The molecule has 0 aliphatic rings. The van der Waals surface area contributed by atoms with Gasteiger partial charge in [-0.1, -0.05) is 169 Å². The number of allylic oxidation sites excluding steroid dienone is 16. The van der Waals surface area contributed by atoms with E-state index in [2.05, 4.69) is 62.5 Å². The van der Waals surface area contributed by atoms with E-state index in [0.717, 1.165) is 70.6 Å². The smallest absolute Gasteiger partial charge is 0.362 e. The van der Waals surface area contributed by atoms with E-state index >= 15 is 0 Å². The van der Waals surface area contributed by atoms with Crippen molar-refractivity contribution >= 4 is 17.9 Å². The van der Waals surface area contributed by atoms with Crippen molar-refractivity contribution < 1.29 is 38.2 Å². The molecule has 2 unspecified atom stereocenters. The topological polar surface area (TPSA) is 99.1 Å². The largest absolute Gasteiger partial charge is 0.477 e. The minimum absolute atomic E-state index is 0.0395. The van der Waals surface area contributed by atoms with Crippen LogP contribution in [-0.2, 0) is 28.6 Å². The molecule has 0 radical (unpaired) electrons. The van der Waals surface area contributed by atoms with Crippen LogP contribution in [0.4, 0.5) is 0 Å². The lowest BCUT2D eigenvalue weighted by molar-refractivity contribution is -0.887. The lowest BCUT2D eigenvalue weighted by Gasteiger charge is -2.31. The van der Waals surface area contributed by atoms with Crippen molar-refractivity contribution in [3.63, 3.8) is 0 Å². The molecule has 0 aromatic heterocycles. The average molecular weight is 823 g/mol. The first kappa shape index (κ1) is 55.2. The molecule has 0 saturated carbocycles. The maximum Gasteiger partial charge on any atom is 0.362 e. The molecule has 2 atom stereocenters. The second-order valence-electron chi connectivity index (χ2n) is 16.0. The number of aliphatic carboxylic acids is 1. The number of carboxylic acids is 1. The summed E-state index contributed by atoms with van der Waals surface area (Å²) in [6.45, 7) is 4.42. The first-order chi connectivity index (χ1) is 28.6. The van der Waals surface area contributed by atoms with Crippen LogP contribution < -0.4 is 0 Å². The number of quaternary nitrogens is 1. The highest BCUT2D eigenvalue weighted by molar-refractivity contribution is 5.72. The van der Waals surface area contributed by atoms with E-state index in [-0.39, 0.29) is 36.2 Å². The fraction of sp³-hybridized carbons (Fsp3) is 0.627. The summed E-state index contributed by atoms with van der Waals surface area (Å²) < 4.78 is 17.2. The summed E-state index contributed by atoms with van der Waals surface area (Å²) in [5.41, 5.74) is 0. The molecule has 0 aromatic rings. The van der Waals surface area contributed by atoms with Crippen LogP contribution in [0, 0.1) is 0 Å². The molecule has 0 spiro atoms. The van der Waals surface area contributed by atoms with Crippen molar-refractivity contribution in [2.24, 2.45) is 0 Å². The monoisotopic (exact) mass is 823 g/mol. The maximum atomic E-state index is 12.8. The van der Waals surface area contributed by atoms with E-state index in [1.807, 2.05) is 69.8 Å². The van der Waals surface area contributed by atoms with Crippen LogP contribution >= 0.6 is 0 Å². The molecular formula is C51H84NO7+. The number of unbranched alkanes of at least 4 members (excludes halogenated alkanes) is 13. The van der Waals surface area contributed by atoms with E-state index in [9.17, 15) is 19.5 Å². The molecule has 0 amide bonds. The Bertz CT molecular complexity index is 1280. The van der Waals surface area contributed by atoms with Gasteiger partial charge in [0, 0.05) is 19.3 Å². The summed E-state index contributed by atoms with van der Waals surface area (Å²) in [5, 5.41) is 9.63. The number of carboxylic acid groups (broad SMARTS) is 1. The van der Waals surface area contributed by atoms with E-state index in [1.165, 1.54) is 51.4 Å². The third-order valence-electron chi connectivity index (χ3n) is 9.61. The molecule has 0 fully saturated rings. The number of carbonyl (C=O) groups is 3. The molecule has 8 heteroatoms. The summed E-state index contributed by atoms with van der Waals surface area (Å²) in [6, 6.07) is -0.628. The molecule has 0 aliphatic carbocycles. The van der Waals surface area contributed by atoms with Gasteiger partial charge in [-0.2, -0.15) is 0 Å². The Morgan fingerprint density at radius 2 is 0.983 bits per heavy atom. The van der Waals surface area contributed by atoms with Crippen LogP contribution in [0.5, 0.6) is 0 Å². The Balaban J connectivity index is 4.39. The summed E-state index contributed by atoms with van der Waals surface area (Å²) in [5.74, 6) is -1.54. The molecule has 8 nitrogen and oxygen atoms in total. The fourth-order valence-electron chi connectivity index (χ4n) is 6.13. The van der Waals surface area contributed by atoms with E-state index in [4.69, 9.17) is 14.2 Å². The summed E-state index contributed by atoms with van der Waals surface area (Å²) >= 11 is 0. The van der Waals surface area contributed by atoms with E-state index in [0.29, 0.717) is 19.3 Å².